The van der Waals surface area contributed by atoms with Crippen molar-refractivity contribution in [3.05, 3.63) is 33.8 Å². The van der Waals surface area contributed by atoms with Crippen LogP contribution in [0.1, 0.15) is 38.2 Å². The predicted octanol–water partition coefficient (Wildman–Crippen LogP) is 4.36. The van der Waals surface area contributed by atoms with Gasteiger partial charge in [-0.3, -0.25) is 4.79 Å². The molecule has 1 fully saturated rings. The minimum Gasteiger partial charge on any atom is -0.331 e. The Balaban J connectivity index is 2.09. The number of hydrogen-bond acceptors (Lipinski definition) is 1. The summed E-state index contributed by atoms with van der Waals surface area (Å²) in [4.78, 5) is 13.9. The van der Waals surface area contributed by atoms with Gasteiger partial charge in [0.15, 0.2) is 0 Å². The lowest BCUT2D eigenvalue weighted by Crippen LogP contribution is -2.38. The number of amides is 1. The summed E-state index contributed by atoms with van der Waals surface area (Å²) >= 11 is 12.0. The fourth-order valence-electron chi connectivity index (χ4n) is 2.49. The van der Waals surface area contributed by atoms with Crippen LogP contribution in [0.5, 0.6) is 0 Å². The van der Waals surface area contributed by atoms with E-state index in [1.807, 2.05) is 36.9 Å². The number of hydrogen-bond donors (Lipinski definition) is 0. The molecule has 0 aliphatic carbocycles. The van der Waals surface area contributed by atoms with Crippen molar-refractivity contribution >= 4 is 29.1 Å². The van der Waals surface area contributed by atoms with E-state index in [0.717, 1.165) is 24.9 Å². The first kappa shape index (κ1) is 16.2. The molecule has 1 aromatic carbocycles. The molecular formula is C17H19Cl2NO. The number of carbonyl (C=O) groups excluding carboxylic acids is 1. The molecule has 2 nitrogen and oxygen atoms in total. The van der Waals surface area contributed by atoms with Gasteiger partial charge in [-0.2, -0.15) is 0 Å². The van der Waals surface area contributed by atoms with E-state index in [1.54, 1.807) is 0 Å². The Labute approximate surface area is 136 Å². The molecule has 1 aliphatic heterocycles. The second-order valence-electron chi connectivity index (χ2n) is 5.69. The van der Waals surface area contributed by atoms with Crippen LogP contribution in [0.3, 0.4) is 0 Å². The molecule has 21 heavy (non-hydrogen) atoms. The number of rotatable bonds is 1. The van der Waals surface area contributed by atoms with E-state index < -0.39 is 0 Å². The summed E-state index contributed by atoms with van der Waals surface area (Å²) in [6.45, 7) is 5.44. The average molecular weight is 324 g/mol. The minimum atomic E-state index is -0.0755. The van der Waals surface area contributed by atoms with Gasteiger partial charge in [-0.15, -0.1) is 0 Å². The summed E-state index contributed by atoms with van der Waals surface area (Å²) in [6.07, 6.45) is 2.04. The van der Waals surface area contributed by atoms with E-state index in [1.165, 1.54) is 0 Å². The second kappa shape index (κ2) is 7.20. The van der Waals surface area contributed by atoms with Crippen LogP contribution in [0.15, 0.2) is 18.2 Å². The number of nitrogens with zero attached hydrogens (tertiary/aromatic N) is 1. The van der Waals surface area contributed by atoms with Gasteiger partial charge in [0.05, 0.1) is 10.0 Å². The number of benzene rings is 1. The first-order valence-electron chi connectivity index (χ1n) is 7.22. The molecule has 2 rings (SSSR count). The van der Waals surface area contributed by atoms with Crippen molar-refractivity contribution in [2.45, 2.75) is 32.6 Å². The Kier molecular flexibility index (Phi) is 5.56. The normalized spacial score (nSPS) is 18.3. The molecule has 0 radical (unpaired) electrons. The summed E-state index contributed by atoms with van der Waals surface area (Å²) in [7, 11) is 0. The van der Waals surface area contributed by atoms with Gasteiger partial charge >= 0.3 is 0 Å². The molecule has 112 valence electrons. The molecule has 1 unspecified atom stereocenters. The molecular weight excluding hydrogens is 305 g/mol. The van der Waals surface area contributed by atoms with Gasteiger partial charge in [-0.25, -0.2) is 0 Å². The van der Waals surface area contributed by atoms with Gasteiger partial charge in [-0.05, 0) is 36.5 Å². The minimum absolute atomic E-state index is 0.0755. The van der Waals surface area contributed by atoms with Gasteiger partial charge in [0.2, 0.25) is 0 Å². The molecule has 1 saturated heterocycles. The molecule has 0 spiro atoms. The van der Waals surface area contributed by atoms with E-state index in [4.69, 9.17) is 23.2 Å². The van der Waals surface area contributed by atoms with E-state index in [2.05, 4.69) is 11.8 Å². The molecule has 4 heteroatoms. The standard InChI is InChI=1S/C17H19Cl2NO/c1-12(2)5-8-17(21)20-9-3-4-14(11-20)13-6-7-15(18)16(19)10-13/h6-7,10,12,14H,3-4,9,11H2,1-2H3. The summed E-state index contributed by atoms with van der Waals surface area (Å²) in [5.74, 6) is 6.11. The topological polar surface area (TPSA) is 20.3 Å². The van der Waals surface area contributed by atoms with Crippen LogP contribution in [0.4, 0.5) is 0 Å². The zero-order valence-electron chi connectivity index (χ0n) is 12.3. The zero-order chi connectivity index (χ0) is 15.4. The van der Waals surface area contributed by atoms with Crippen molar-refractivity contribution in [2.75, 3.05) is 13.1 Å². The predicted molar refractivity (Wildman–Crippen MR) is 87.6 cm³/mol. The van der Waals surface area contributed by atoms with E-state index in [-0.39, 0.29) is 11.8 Å². The summed E-state index contributed by atoms with van der Waals surface area (Å²) in [6, 6.07) is 5.72. The number of piperidine rings is 1. The highest BCUT2D eigenvalue weighted by molar-refractivity contribution is 6.42. The van der Waals surface area contributed by atoms with Gasteiger partial charge in [0.25, 0.3) is 5.91 Å². The average Bonchev–Trinajstić information content (AvgIpc) is 2.47. The zero-order valence-corrected chi connectivity index (χ0v) is 13.8. The molecule has 1 atom stereocenters. The quantitative estimate of drug-likeness (QED) is 0.703. The monoisotopic (exact) mass is 323 g/mol. The third kappa shape index (κ3) is 4.40. The third-order valence-electron chi connectivity index (χ3n) is 3.59. The SMILES string of the molecule is CC(C)C#CC(=O)N1CCCC(c2ccc(Cl)c(Cl)c2)C1. The summed E-state index contributed by atoms with van der Waals surface area (Å²) < 4.78 is 0. The largest absolute Gasteiger partial charge is 0.331 e. The van der Waals surface area contributed by atoms with Crippen molar-refractivity contribution in [3.8, 4) is 11.8 Å². The lowest BCUT2D eigenvalue weighted by Gasteiger charge is -2.32. The number of carbonyl (C=O) groups is 1. The maximum atomic E-state index is 12.1. The second-order valence-corrected chi connectivity index (χ2v) is 6.50. The van der Waals surface area contributed by atoms with Crippen LogP contribution in [0, 0.1) is 17.8 Å². The highest BCUT2D eigenvalue weighted by Gasteiger charge is 2.24. The Hall–Kier alpha value is -1.17. The lowest BCUT2D eigenvalue weighted by molar-refractivity contribution is -0.126. The lowest BCUT2D eigenvalue weighted by atomic mass is 9.90. The van der Waals surface area contributed by atoms with Crippen LogP contribution >= 0.6 is 23.2 Å². The molecule has 1 aliphatic rings. The van der Waals surface area contributed by atoms with Crippen LogP contribution in [-0.2, 0) is 4.79 Å². The highest BCUT2D eigenvalue weighted by atomic mass is 35.5. The molecule has 0 aromatic heterocycles. The van der Waals surface area contributed by atoms with Crippen molar-refractivity contribution < 1.29 is 4.79 Å². The van der Waals surface area contributed by atoms with E-state index >= 15 is 0 Å². The Bertz CT molecular complexity index is 586. The summed E-state index contributed by atoms with van der Waals surface area (Å²) in [5.41, 5.74) is 1.14. The van der Waals surface area contributed by atoms with Crippen LogP contribution in [-0.4, -0.2) is 23.9 Å². The number of halogens is 2. The summed E-state index contributed by atoms with van der Waals surface area (Å²) in [5, 5.41) is 1.13. The van der Waals surface area contributed by atoms with Gasteiger partial charge in [0, 0.05) is 24.9 Å². The first-order valence-corrected chi connectivity index (χ1v) is 7.98. The Morgan fingerprint density at radius 1 is 1.33 bits per heavy atom. The van der Waals surface area contributed by atoms with Crippen molar-refractivity contribution in [2.24, 2.45) is 5.92 Å². The van der Waals surface area contributed by atoms with Gasteiger partial charge in [0.1, 0.15) is 0 Å². The van der Waals surface area contributed by atoms with Gasteiger partial charge < -0.3 is 4.90 Å². The molecule has 0 bridgehead atoms. The Morgan fingerprint density at radius 2 is 2.10 bits per heavy atom. The van der Waals surface area contributed by atoms with Crippen molar-refractivity contribution in [1.29, 1.82) is 0 Å². The smallest absolute Gasteiger partial charge is 0.298 e. The van der Waals surface area contributed by atoms with Gasteiger partial charge in [-0.1, -0.05) is 49.0 Å². The third-order valence-corrected chi connectivity index (χ3v) is 4.33. The van der Waals surface area contributed by atoms with Crippen molar-refractivity contribution in [3.63, 3.8) is 0 Å². The fraction of sp³-hybridized carbons (Fsp3) is 0.471. The Morgan fingerprint density at radius 3 is 2.76 bits per heavy atom. The molecule has 1 aromatic rings. The molecule has 0 saturated carbocycles. The molecule has 0 N–H and O–H groups in total. The van der Waals surface area contributed by atoms with Crippen LogP contribution in [0.25, 0.3) is 0 Å². The van der Waals surface area contributed by atoms with Crippen molar-refractivity contribution in [1.82, 2.24) is 4.90 Å². The first-order chi connectivity index (χ1) is 9.97. The van der Waals surface area contributed by atoms with Crippen LogP contribution in [0.2, 0.25) is 10.0 Å². The maximum absolute atomic E-state index is 12.1. The maximum Gasteiger partial charge on any atom is 0.298 e. The van der Waals surface area contributed by atoms with E-state index in [0.29, 0.717) is 22.5 Å². The molecule has 1 amide bonds. The molecule has 1 heterocycles. The van der Waals surface area contributed by atoms with Crippen LogP contribution < -0.4 is 0 Å². The van der Waals surface area contributed by atoms with E-state index in [9.17, 15) is 4.79 Å². The highest BCUT2D eigenvalue weighted by Crippen LogP contribution is 2.31. The fourth-order valence-corrected chi connectivity index (χ4v) is 2.79. The number of likely N-dealkylation sites (tertiary alicyclic amines) is 1.